The van der Waals surface area contributed by atoms with Crippen LogP contribution in [0.4, 0.5) is 4.79 Å². The maximum atomic E-state index is 11.9. The van der Waals surface area contributed by atoms with Crippen LogP contribution in [-0.2, 0) is 4.79 Å². The fourth-order valence-corrected chi connectivity index (χ4v) is 3.24. The lowest BCUT2D eigenvalue weighted by Crippen LogP contribution is -2.63. The summed E-state index contributed by atoms with van der Waals surface area (Å²) >= 11 is 0. The summed E-state index contributed by atoms with van der Waals surface area (Å²) in [6, 6.07) is -0.433. The number of hydrogen-bond acceptors (Lipinski definition) is 4. The summed E-state index contributed by atoms with van der Waals surface area (Å²) in [5, 5.41) is 8.20. The molecule has 1 saturated carbocycles. The van der Waals surface area contributed by atoms with Gasteiger partial charge < -0.3 is 10.6 Å². The predicted molar refractivity (Wildman–Crippen MR) is 80.1 cm³/mol. The summed E-state index contributed by atoms with van der Waals surface area (Å²) < 4.78 is 0. The number of halogens is 1. The minimum absolute atomic E-state index is 0. The molecule has 0 aromatic rings. The topological polar surface area (TPSA) is 73.5 Å². The van der Waals surface area contributed by atoms with E-state index in [9.17, 15) is 9.59 Å². The van der Waals surface area contributed by atoms with Crippen LogP contribution in [0.5, 0.6) is 0 Å². The molecule has 0 bridgehead atoms. The molecule has 1 spiro atoms. The van der Waals surface area contributed by atoms with Gasteiger partial charge in [-0.05, 0) is 12.8 Å². The van der Waals surface area contributed by atoms with E-state index in [0.717, 1.165) is 32.5 Å². The molecular weight excluding hydrogens is 280 g/mol. The molecule has 1 aliphatic heterocycles. The van der Waals surface area contributed by atoms with Gasteiger partial charge in [0, 0.05) is 32.2 Å². The van der Waals surface area contributed by atoms with Crippen molar-refractivity contribution < 1.29 is 9.59 Å². The highest BCUT2D eigenvalue weighted by molar-refractivity contribution is 5.95. The number of imide groups is 1. The number of hydrogen-bond donors (Lipinski definition) is 3. The van der Waals surface area contributed by atoms with Crippen molar-refractivity contribution >= 4 is 24.3 Å². The van der Waals surface area contributed by atoms with Crippen LogP contribution in [0.3, 0.4) is 0 Å². The number of piperazine rings is 1. The van der Waals surface area contributed by atoms with Gasteiger partial charge in [-0.1, -0.05) is 19.3 Å². The number of amides is 3. The molecule has 0 aromatic heterocycles. The second-order valence-electron chi connectivity index (χ2n) is 5.51. The Bertz CT molecular complexity index is 337. The van der Waals surface area contributed by atoms with Crippen molar-refractivity contribution in [1.29, 1.82) is 0 Å². The summed E-state index contributed by atoms with van der Waals surface area (Å²) in [6.07, 6.45) is 6.05. The van der Waals surface area contributed by atoms with E-state index in [-0.39, 0.29) is 23.9 Å². The molecule has 0 atom stereocenters. The van der Waals surface area contributed by atoms with E-state index in [1.807, 2.05) is 0 Å². The summed E-state index contributed by atoms with van der Waals surface area (Å²) in [5.41, 5.74) is 0.122. The molecule has 0 radical (unpaired) electrons. The SMILES string of the molecule is CNC(=O)NC(=O)CN1CCNCC12CCCCC2.Cl. The average molecular weight is 305 g/mol. The molecule has 0 unspecified atom stereocenters. The normalized spacial score (nSPS) is 21.9. The Kier molecular flexibility index (Phi) is 6.71. The minimum Gasteiger partial charge on any atom is -0.341 e. The molecule has 1 aliphatic carbocycles. The monoisotopic (exact) mass is 304 g/mol. The van der Waals surface area contributed by atoms with Gasteiger partial charge in [-0.15, -0.1) is 12.4 Å². The third kappa shape index (κ3) is 4.07. The second kappa shape index (κ2) is 7.81. The van der Waals surface area contributed by atoms with E-state index in [1.54, 1.807) is 0 Å². The van der Waals surface area contributed by atoms with Gasteiger partial charge in [0.2, 0.25) is 5.91 Å². The van der Waals surface area contributed by atoms with Crippen LogP contribution in [0.1, 0.15) is 32.1 Å². The van der Waals surface area contributed by atoms with Crippen LogP contribution >= 0.6 is 12.4 Å². The van der Waals surface area contributed by atoms with Crippen LogP contribution in [0.2, 0.25) is 0 Å². The molecule has 2 aliphatic rings. The van der Waals surface area contributed by atoms with Crippen molar-refractivity contribution in [1.82, 2.24) is 20.9 Å². The molecule has 116 valence electrons. The molecule has 1 saturated heterocycles. The zero-order valence-corrected chi connectivity index (χ0v) is 12.9. The molecule has 7 heteroatoms. The van der Waals surface area contributed by atoms with Gasteiger partial charge in [0.25, 0.3) is 0 Å². The highest BCUT2D eigenvalue weighted by Crippen LogP contribution is 2.34. The maximum absolute atomic E-state index is 11.9. The Morgan fingerprint density at radius 1 is 1.25 bits per heavy atom. The summed E-state index contributed by atoms with van der Waals surface area (Å²) in [4.78, 5) is 25.3. The smallest absolute Gasteiger partial charge is 0.321 e. The van der Waals surface area contributed by atoms with Crippen LogP contribution in [0.15, 0.2) is 0 Å². The van der Waals surface area contributed by atoms with Gasteiger partial charge in [0.1, 0.15) is 0 Å². The Hall–Kier alpha value is -0.850. The van der Waals surface area contributed by atoms with Crippen molar-refractivity contribution in [2.24, 2.45) is 0 Å². The molecule has 6 nitrogen and oxygen atoms in total. The number of urea groups is 1. The summed E-state index contributed by atoms with van der Waals surface area (Å²) in [7, 11) is 1.51. The minimum atomic E-state index is -0.433. The first-order chi connectivity index (χ1) is 9.16. The first-order valence-electron chi connectivity index (χ1n) is 7.14. The zero-order valence-electron chi connectivity index (χ0n) is 12.0. The van der Waals surface area contributed by atoms with E-state index in [2.05, 4.69) is 20.9 Å². The van der Waals surface area contributed by atoms with Crippen molar-refractivity contribution in [3.8, 4) is 0 Å². The Morgan fingerprint density at radius 2 is 1.95 bits per heavy atom. The lowest BCUT2D eigenvalue weighted by Gasteiger charge is -2.49. The molecule has 20 heavy (non-hydrogen) atoms. The van der Waals surface area contributed by atoms with Gasteiger partial charge in [-0.25, -0.2) is 4.79 Å². The Labute approximate surface area is 126 Å². The van der Waals surface area contributed by atoms with Crippen molar-refractivity contribution in [3.05, 3.63) is 0 Å². The highest BCUT2D eigenvalue weighted by Gasteiger charge is 2.40. The van der Waals surface area contributed by atoms with E-state index in [4.69, 9.17) is 0 Å². The van der Waals surface area contributed by atoms with Crippen LogP contribution < -0.4 is 16.0 Å². The van der Waals surface area contributed by atoms with Crippen molar-refractivity contribution in [3.63, 3.8) is 0 Å². The first-order valence-corrected chi connectivity index (χ1v) is 7.14. The molecular formula is C13H25ClN4O2. The van der Waals surface area contributed by atoms with Gasteiger partial charge >= 0.3 is 6.03 Å². The Balaban J connectivity index is 0.00000200. The van der Waals surface area contributed by atoms with E-state index >= 15 is 0 Å². The predicted octanol–water partition coefficient (Wildman–Crippen LogP) is 0.472. The number of nitrogens with zero attached hydrogens (tertiary/aromatic N) is 1. The highest BCUT2D eigenvalue weighted by atomic mass is 35.5. The van der Waals surface area contributed by atoms with Gasteiger partial charge in [-0.3, -0.25) is 15.0 Å². The zero-order chi connectivity index (χ0) is 13.7. The third-order valence-corrected chi connectivity index (χ3v) is 4.28. The van der Waals surface area contributed by atoms with Crippen LogP contribution in [0, 0.1) is 0 Å². The first kappa shape index (κ1) is 17.2. The quantitative estimate of drug-likeness (QED) is 0.693. The van der Waals surface area contributed by atoms with Crippen molar-refractivity contribution in [2.75, 3.05) is 33.2 Å². The molecule has 0 aromatic carbocycles. The molecule has 2 fully saturated rings. The largest absolute Gasteiger partial charge is 0.341 e. The van der Waals surface area contributed by atoms with Gasteiger partial charge in [-0.2, -0.15) is 0 Å². The van der Waals surface area contributed by atoms with Crippen molar-refractivity contribution in [2.45, 2.75) is 37.6 Å². The van der Waals surface area contributed by atoms with Crippen LogP contribution in [0.25, 0.3) is 0 Å². The van der Waals surface area contributed by atoms with E-state index in [1.165, 1.54) is 26.3 Å². The molecule has 2 rings (SSSR count). The van der Waals surface area contributed by atoms with Gasteiger partial charge in [0.15, 0.2) is 0 Å². The fraction of sp³-hybridized carbons (Fsp3) is 0.846. The number of carbonyl (C=O) groups is 2. The fourth-order valence-electron chi connectivity index (χ4n) is 3.24. The number of nitrogens with one attached hydrogen (secondary N) is 3. The Morgan fingerprint density at radius 3 is 2.60 bits per heavy atom. The maximum Gasteiger partial charge on any atom is 0.321 e. The van der Waals surface area contributed by atoms with E-state index < -0.39 is 6.03 Å². The lowest BCUT2D eigenvalue weighted by molar-refractivity contribution is -0.123. The van der Waals surface area contributed by atoms with Gasteiger partial charge in [0.05, 0.1) is 6.54 Å². The molecule has 1 heterocycles. The second-order valence-corrected chi connectivity index (χ2v) is 5.51. The molecule has 3 N–H and O–H groups in total. The summed E-state index contributed by atoms with van der Waals surface area (Å²) in [6.45, 7) is 3.06. The standard InChI is InChI=1S/C13H24N4O2.ClH/c1-14-12(19)16-11(18)9-17-8-7-15-10-13(17)5-3-2-4-6-13;/h15H,2-10H2,1H3,(H2,14,16,18,19);1H. The average Bonchev–Trinajstić information content (AvgIpc) is 2.42. The number of rotatable bonds is 2. The lowest BCUT2D eigenvalue weighted by atomic mass is 9.79. The third-order valence-electron chi connectivity index (χ3n) is 4.28. The van der Waals surface area contributed by atoms with E-state index in [0.29, 0.717) is 6.54 Å². The summed E-state index contributed by atoms with van der Waals surface area (Å²) in [5.74, 6) is -0.216. The molecule has 3 amide bonds. The van der Waals surface area contributed by atoms with Crippen LogP contribution in [-0.4, -0.2) is 55.6 Å². The number of carbonyl (C=O) groups excluding carboxylic acids is 2.